The summed E-state index contributed by atoms with van der Waals surface area (Å²) in [5, 5.41) is 0. The highest BCUT2D eigenvalue weighted by Gasteiger charge is 2.36. The highest BCUT2D eigenvalue weighted by atomic mass is 19.4. The molecule has 30 heavy (non-hydrogen) atoms. The highest BCUT2D eigenvalue weighted by Crippen LogP contribution is 2.32. The molecule has 0 bridgehead atoms. The smallest absolute Gasteiger partial charge is 0.417 e. The first kappa shape index (κ1) is 21.7. The number of nitrogens with zero attached hydrogens (tertiary/aromatic N) is 2. The molecule has 0 spiro atoms. The van der Waals surface area contributed by atoms with Crippen molar-refractivity contribution in [1.29, 1.82) is 0 Å². The largest absolute Gasteiger partial charge is 0.494 e. The maximum Gasteiger partial charge on any atom is 0.417 e. The summed E-state index contributed by atoms with van der Waals surface area (Å²) >= 11 is 0. The molecular weight excluding hydrogens is 397 g/mol. The van der Waals surface area contributed by atoms with Crippen molar-refractivity contribution in [2.75, 3.05) is 32.8 Å². The number of carbonyl (C=O) groups excluding carboxylic acids is 2. The van der Waals surface area contributed by atoms with Gasteiger partial charge in [0.15, 0.2) is 0 Å². The SMILES string of the molecule is CCOc1ccc(CC(=O)N2CCN(C(=O)c3ccccc3C(F)(F)F)CC2)cc1. The average Bonchev–Trinajstić information content (AvgIpc) is 2.74. The van der Waals surface area contributed by atoms with Gasteiger partial charge in [0.2, 0.25) is 5.91 Å². The third-order valence-corrected chi connectivity index (χ3v) is 4.97. The lowest BCUT2D eigenvalue weighted by atomic mass is 10.1. The average molecular weight is 420 g/mol. The zero-order valence-corrected chi connectivity index (χ0v) is 16.6. The van der Waals surface area contributed by atoms with Gasteiger partial charge in [-0.3, -0.25) is 9.59 Å². The number of halogens is 3. The maximum absolute atomic E-state index is 13.2. The van der Waals surface area contributed by atoms with Crippen LogP contribution < -0.4 is 4.74 Å². The minimum atomic E-state index is -4.60. The molecule has 0 unspecified atom stereocenters. The van der Waals surface area contributed by atoms with Crippen LogP contribution in [0.15, 0.2) is 48.5 Å². The van der Waals surface area contributed by atoms with Crippen molar-refractivity contribution < 1.29 is 27.5 Å². The Labute approximate surface area is 173 Å². The molecule has 0 atom stereocenters. The van der Waals surface area contributed by atoms with E-state index in [1.807, 2.05) is 19.1 Å². The standard InChI is InChI=1S/C22H23F3N2O3/c1-2-30-17-9-7-16(8-10-17)15-20(28)26-11-13-27(14-12-26)21(29)18-5-3-4-6-19(18)22(23,24)25/h3-10H,2,11-15H2,1H3. The topological polar surface area (TPSA) is 49.9 Å². The van der Waals surface area contributed by atoms with E-state index in [-0.39, 0.29) is 44.1 Å². The summed E-state index contributed by atoms with van der Waals surface area (Å²) in [6.45, 7) is 3.42. The maximum atomic E-state index is 13.2. The Kier molecular flexibility index (Phi) is 6.64. The first-order valence-electron chi connectivity index (χ1n) is 9.74. The zero-order valence-electron chi connectivity index (χ0n) is 16.6. The van der Waals surface area contributed by atoms with Crippen molar-refractivity contribution in [2.24, 2.45) is 0 Å². The molecule has 8 heteroatoms. The molecule has 0 aromatic heterocycles. The van der Waals surface area contributed by atoms with Crippen molar-refractivity contribution in [1.82, 2.24) is 9.80 Å². The molecule has 1 aliphatic heterocycles. The van der Waals surface area contributed by atoms with Gasteiger partial charge in [-0.05, 0) is 36.8 Å². The van der Waals surface area contributed by atoms with Crippen LogP contribution in [0.1, 0.15) is 28.4 Å². The number of ether oxygens (including phenoxy) is 1. The Morgan fingerprint density at radius 1 is 0.933 bits per heavy atom. The molecule has 0 saturated carbocycles. The van der Waals surface area contributed by atoms with Gasteiger partial charge in [-0.1, -0.05) is 24.3 Å². The monoisotopic (exact) mass is 420 g/mol. The molecule has 5 nitrogen and oxygen atoms in total. The van der Waals surface area contributed by atoms with Gasteiger partial charge in [-0.25, -0.2) is 0 Å². The third kappa shape index (κ3) is 5.11. The van der Waals surface area contributed by atoms with Crippen LogP contribution in [-0.2, 0) is 17.4 Å². The molecular formula is C22H23F3N2O3. The van der Waals surface area contributed by atoms with E-state index in [2.05, 4.69) is 0 Å². The van der Waals surface area contributed by atoms with Crippen LogP contribution in [0.5, 0.6) is 5.75 Å². The summed E-state index contributed by atoms with van der Waals surface area (Å²) in [6.07, 6.45) is -4.38. The molecule has 2 aromatic carbocycles. The molecule has 3 rings (SSSR count). The Hall–Kier alpha value is -3.03. The molecule has 1 fully saturated rings. The zero-order chi connectivity index (χ0) is 21.7. The molecule has 1 heterocycles. The van der Waals surface area contributed by atoms with Gasteiger partial charge < -0.3 is 14.5 Å². The number of hydrogen-bond acceptors (Lipinski definition) is 3. The van der Waals surface area contributed by atoms with E-state index in [9.17, 15) is 22.8 Å². The van der Waals surface area contributed by atoms with E-state index < -0.39 is 17.6 Å². The van der Waals surface area contributed by atoms with E-state index in [0.29, 0.717) is 6.61 Å². The summed E-state index contributed by atoms with van der Waals surface area (Å²) in [5.41, 5.74) is -0.454. The third-order valence-electron chi connectivity index (χ3n) is 4.97. The summed E-state index contributed by atoms with van der Waals surface area (Å²) in [6, 6.07) is 12.0. The van der Waals surface area contributed by atoms with Gasteiger partial charge in [-0.15, -0.1) is 0 Å². The minimum Gasteiger partial charge on any atom is -0.494 e. The second-order valence-corrected chi connectivity index (χ2v) is 6.97. The number of carbonyl (C=O) groups is 2. The number of amides is 2. The summed E-state index contributed by atoms with van der Waals surface area (Å²) in [4.78, 5) is 28.2. The number of alkyl halides is 3. The molecule has 1 aliphatic rings. The van der Waals surface area contributed by atoms with Crippen LogP contribution in [0.4, 0.5) is 13.2 Å². The quantitative estimate of drug-likeness (QED) is 0.742. The Morgan fingerprint density at radius 2 is 1.53 bits per heavy atom. The number of benzene rings is 2. The van der Waals surface area contributed by atoms with E-state index in [4.69, 9.17) is 4.74 Å². The first-order chi connectivity index (χ1) is 14.3. The predicted molar refractivity (Wildman–Crippen MR) is 105 cm³/mol. The van der Waals surface area contributed by atoms with Crippen LogP contribution in [0.3, 0.4) is 0 Å². The van der Waals surface area contributed by atoms with Gasteiger partial charge in [0.25, 0.3) is 5.91 Å². The fourth-order valence-corrected chi connectivity index (χ4v) is 3.40. The van der Waals surface area contributed by atoms with Crippen molar-refractivity contribution in [3.8, 4) is 5.75 Å². The van der Waals surface area contributed by atoms with Crippen LogP contribution in [0.2, 0.25) is 0 Å². The van der Waals surface area contributed by atoms with Crippen molar-refractivity contribution in [3.63, 3.8) is 0 Å². The second-order valence-electron chi connectivity index (χ2n) is 6.97. The van der Waals surface area contributed by atoms with Crippen molar-refractivity contribution in [3.05, 3.63) is 65.2 Å². The molecule has 0 aliphatic carbocycles. The van der Waals surface area contributed by atoms with Gasteiger partial charge in [0.1, 0.15) is 5.75 Å². The predicted octanol–water partition coefficient (Wildman–Crippen LogP) is 3.63. The lowest BCUT2D eigenvalue weighted by Gasteiger charge is -2.35. The van der Waals surface area contributed by atoms with Gasteiger partial charge in [0.05, 0.1) is 24.2 Å². The first-order valence-corrected chi connectivity index (χ1v) is 9.74. The van der Waals surface area contributed by atoms with Crippen LogP contribution >= 0.6 is 0 Å². The van der Waals surface area contributed by atoms with Crippen LogP contribution in [0.25, 0.3) is 0 Å². The van der Waals surface area contributed by atoms with E-state index >= 15 is 0 Å². The van der Waals surface area contributed by atoms with Gasteiger partial charge in [-0.2, -0.15) is 13.2 Å². The molecule has 1 saturated heterocycles. The molecule has 160 valence electrons. The van der Waals surface area contributed by atoms with Gasteiger partial charge in [0, 0.05) is 26.2 Å². The van der Waals surface area contributed by atoms with Crippen LogP contribution in [0, 0.1) is 0 Å². The molecule has 0 N–H and O–H groups in total. The number of hydrogen-bond donors (Lipinski definition) is 0. The molecule has 0 radical (unpaired) electrons. The Bertz CT molecular complexity index is 889. The van der Waals surface area contributed by atoms with E-state index in [0.717, 1.165) is 17.4 Å². The van der Waals surface area contributed by atoms with Crippen LogP contribution in [-0.4, -0.2) is 54.4 Å². The number of piperazine rings is 1. The normalized spacial score (nSPS) is 14.5. The summed E-state index contributed by atoms with van der Waals surface area (Å²) in [7, 11) is 0. The Morgan fingerprint density at radius 3 is 2.13 bits per heavy atom. The second kappa shape index (κ2) is 9.19. The lowest BCUT2D eigenvalue weighted by molar-refractivity contribution is -0.138. The van der Waals surface area contributed by atoms with E-state index in [1.54, 1.807) is 17.0 Å². The van der Waals surface area contributed by atoms with E-state index in [1.165, 1.54) is 23.1 Å². The summed E-state index contributed by atoms with van der Waals surface area (Å²) in [5.74, 6) is -0.0107. The number of rotatable bonds is 5. The molecule has 2 aromatic rings. The fraction of sp³-hybridized carbons (Fsp3) is 0.364. The molecule has 2 amide bonds. The summed E-state index contributed by atoms with van der Waals surface area (Å²) < 4.78 is 44.9. The van der Waals surface area contributed by atoms with Crippen molar-refractivity contribution >= 4 is 11.8 Å². The fourth-order valence-electron chi connectivity index (χ4n) is 3.40. The Balaban J connectivity index is 1.58. The van der Waals surface area contributed by atoms with Crippen molar-refractivity contribution in [2.45, 2.75) is 19.5 Å². The minimum absolute atomic E-state index is 0.0815. The van der Waals surface area contributed by atoms with Gasteiger partial charge >= 0.3 is 6.18 Å². The highest BCUT2D eigenvalue weighted by molar-refractivity contribution is 5.96. The lowest BCUT2D eigenvalue weighted by Crippen LogP contribution is -2.51.